The SMILES string of the molecule is CC(C)(C)C1=Cc2[c-]cccc2C1.CC(C)(C)C1=Cc2[c-]cccc2C1.C[Si](C)=[Zr]([Cl])[Cl]. The molecule has 0 atom stereocenters. The van der Waals surface area contributed by atoms with Crippen molar-refractivity contribution in [3.63, 3.8) is 0 Å². The number of halogens is 2. The zero-order valence-electron chi connectivity index (χ0n) is 20.8. The number of hydrogen-bond donors (Lipinski definition) is 0. The van der Waals surface area contributed by atoms with Crippen molar-refractivity contribution in [1.82, 2.24) is 0 Å². The van der Waals surface area contributed by atoms with Crippen LogP contribution in [0.4, 0.5) is 0 Å². The molecule has 32 heavy (non-hydrogen) atoms. The van der Waals surface area contributed by atoms with Gasteiger partial charge in [0, 0.05) is 0 Å². The van der Waals surface area contributed by atoms with Crippen molar-refractivity contribution in [3.8, 4) is 0 Å². The van der Waals surface area contributed by atoms with E-state index in [1.54, 1.807) is 0 Å². The van der Waals surface area contributed by atoms with E-state index in [2.05, 4.69) is 103 Å². The fourth-order valence-corrected chi connectivity index (χ4v) is 3.37. The van der Waals surface area contributed by atoms with Gasteiger partial charge >= 0.3 is 53.5 Å². The average Bonchev–Trinajstić information content (AvgIpc) is 3.33. The van der Waals surface area contributed by atoms with E-state index in [9.17, 15) is 0 Å². The Morgan fingerprint density at radius 2 is 1.09 bits per heavy atom. The third kappa shape index (κ3) is 8.43. The monoisotopic (exact) mass is 560 g/mol. The van der Waals surface area contributed by atoms with Crippen LogP contribution in [-0.4, -0.2) is 5.43 Å². The molecule has 0 spiro atoms. The Hall–Kier alpha value is -0.400. The van der Waals surface area contributed by atoms with E-state index in [1.165, 1.54) is 33.4 Å². The van der Waals surface area contributed by atoms with Gasteiger partial charge in [-0.3, -0.25) is 0 Å². The van der Waals surface area contributed by atoms with E-state index in [4.69, 9.17) is 17.0 Å². The van der Waals surface area contributed by atoms with Crippen molar-refractivity contribution in [2.45, 2.75) is 67.5 Å². The van der Waals surface area contributed by atoms with Gasteiger partial charge in [0.2, 0.25) is 0 Å². The van der Waals surface area contributed by atoms with E-state index in [-0.39, 0.29) is 5.43 Å². The van der Waals surface area contributed by atoms with E-state index in [0.29, 0.717) is 10.8 Å². The zero-order valence-corrected chi connectivity index (χ0v) is 25.8. The molecule has 0 N–H and O–H groups in total. The van der Waals surface area contributed by atoms with Gasteiger partial charge in [0.1, 0.15) is 0 Å². The third-order valence-corrected chi connectivity index (χ3v) is 25.4. The number of fused-ring (bicyclic) bond motifs is 2. The first kappa shape index (κ1) is 27.8. The first-order valence-corrected chi connectivity index (χ1v) is 23.7. The van der Waals surface area contributed by atoms with Crippen LogP contribution in [0.5, 0.6) is 0 Å². The summed E-state index contributed by atoms with van der Waals surface area (Å²) in [5.74, 6) is 0. The molecule has 0 fully saturated rings. The second-order valence-corrected chi connectivity index (χ2v) is 33.7. The molecule has 4 heteroatoms. The van der Waals surface area contributed by atoms with Crippen LogP contribution in [0.1, 0.15) is 63.8 Å². The molecule has 0 nitrogen and oxygen atoms in total. The molecule has 0 amide bonds. The van der Waals surface area contributed by atoms with Gasteiger partial charge in [0.05, 0.1) is 0 Å². The minimum atomic E-state index is -1.65. The Labute approximate surface area is 211 Å². The Balaban J connectivity index is 0.000000183. The van der Waals surface area contributed by atoms with Gasteiger partial charge in [0.25, 0.3) is 0 Å². The van der Waals surface area contributed by atoms with Crippen molar-refractivity contribution in [2.75, 3.05) is 0 Å². The summed E-state index contributed by atoms with van der Waals surface area (Å²) < 4.78 is 0. The maximum atomic E-state index is 5.62. The first-order valence-electron chi connectivity index (χ1n) is 11.2. The molecular weight excluding hydrogens is 527 g/mol. The fraction of sp³-hybridized carbons (Fsp3) is 0.429. The molecular formula is C28H36Cl2SiZr-2. The van der Waals surface area contributed by atoms with Gasteiger partial charge in [0.15, 0.2) is 0 Å². The predicted octanol–water partition coefficient (Wildman–Crippen LogP) is 9.11. The summed E-state index contributed by atoms with van der Waals surface area (Å²) in [6, 6.07) is 19.0. The molecule has 0 unspecified atom stereocenters. The Kier molecular flexibility index (Phi) is 10.3. The van der Waals surface area contributed by atoms with Crippen molar-refractivity contribution in [2.24, 2.45) is 10.8 Å². The standard InChI is InChI=1S/2C13H15.C2H6Si.2ClH.Zr/c2*1-13(2,3)12-8-10-6-4-5-7-11(10)9-12;1-3-2;;;/h2*4-6,9H,8H2,1-3H3;1-2H3;2*1H;/q2*-1;;;;+2/p-2. The minimum absolute atomic E-state index is 0.224. The summed E-state index contributed by atoms with van der Waals surface area (Å²) >= 11 is -1.65. The number of allylic oxidation sites excluding steroid dienone is 2. The van der Waals surface area contributed by atoms with Crippen LogP contribution >= 0.6 is 17.0 Å². The molecule has 0 saturated heterocycles. The van der Waals surface area contributed by atoms with Crippen molar-refractivity contribution in [3.05, 3.63) is 81.9 Å². The average molecular weight is 563 g/mol. The Morgan fingerprint density at radius 3 is 1.34 bits per heavy atom. The normalized spacial score (nSPS) is 14.1. The van der Waals surface area contributed by atoms with Gasteiger partial charge in [-0.1, -0.05) is 41.5 Å². The Morgan fingerprint density at radius 1 is 0.750 bits per heavy atom. The van der Waals surface area contributed by atoms with Crippen LogP contribution < -0.4 is 0 Å². The van der Waals surface area contributed by atoms with Crippen LogP contribution in [0.25, 0.3) is 12.2 Å². The number of benzene rings is 2. The van der Waals surface area contributed by atoms with Crippen molar-refractivity contribution >= 4 is 34.6 Å². The van der Waals surface area contributed by atoms with Crippen LogP contribution in [0.3, 0.4) is 0 Å². The third-order valence-electron chi connectivity index (χ3n) is 5.66. The fourth-order valence-electron chi connectivity index (χ4n) is 3.37. The quantitative estimate of drug-likeness (QED) is 0.222. The molecule has 0 heterocycles. The Bertz CT molecular complexity index is 942. The number of rotatable bonds is 0. The summed E-state index contributed by atoms with van der Waals surface area (Å²) in [6.45, 7) is 17.9. The summed E-state index contributed by atoms with van der Waals surface area (Å²) in [4.78, 5) is 0. The molecule has 0 saturated carbocycles. The van der Waals surface area contributed by atoms with Gasteiger partial charge in [-0.15, -0.1) is 94.1 Å². The molecule has 0 aromatic heterocycles. The molecule has 2 aliphatic rings. The first-order chi connectivity index (χ1) is 14.8. The van der Waals surface area contributed by atoms with Gasteiger partial charge in [-0.25, -0.2) is 0 Å². The predicted molar refractivity (Wildman–Crippen MR) is 142 cm³/mol. The molecule has 2 aliphatic carbocycles. The van der Waals surface area contributed by atoms with Crippen molar-refractivity contribution < 1.29 is 18.0 Å². The number of hydrogen-bond acceptors (Lipinski definition) is 0. The van der Waals surface area contributed by atoms with Crippen LogP contribution in [-0.2, 0) is 30.8 Å². The van der Waals surface area contributed by atoms with E-state index >= 15 is 0 Å². The van der Waals surface area contributed by atoms with Crippen LogP contribution in [0.2, 0.25) is 13.1 Å². The van der Waals surface area contributed by atoms with Gasteiger partial charge in [-0.05, 0) is 23.7 Å². The molecule has 0 radical (unpaired) electrons. The molecule has 0 bridgehead atoms. The molecule has 4 rings (SSSR count). The second kappa shape index (κ2) is 11.8. The molecule has 0 aliphatic heterocycles. The van der Waals surface area contributed by atoms with Gasteiger partial charge < -0.3 is 0 Å². The maximum absolute atomic E-state index is 5.62. The van der Waals surface area contributed by atoms with Crippen LogP contribution in [0, 0.1) is 23.0 Å². The summed E-state index contributed by atoms with van der Waals surface area (Å²) in [7, 11) is 11.2. The van der Waals surface area contributed by atoms with Crippen LogP contribution in [0.15, 0.2) is 47.5 Å². The molecule has 2 aromatic rings. The molecule has 2 aromatic carbocycles. The summed E-state index contributed by atoms with van der Waals surface area (Å²) in [6.07, 6.45) is 6.79. The summed E-state index contributed by atoms with van der Waals surface area (Å²) in [5.41, 5.74) is 8.83. The van der Waals surface area contributed by atoms with E-state index in [1.807, 2.05) is 12.1 Å². The van der Waals surface area contributed by atoms with Crippen molar-refractivity contribution in [1.29, 1.82) is 0 Å². The van der Waals surface area contributed by atoms with Gasteiger partial charge in [-0.2, -0.15) is 0 Å². The topological polar surface area (TPSA) is 0 Å². The van der Waals surface area contributed by atoms with E-state index < -0.39 is 18.0 Å². The van der Waals surface area contributed by atoms with E-state index in [0.717, 1.165) is 12.8 Å². The summed E-state index contributed by atoms with van der Waals surface area (Å²) in [5, 5.41) is 0. The molecule has 172 valence electrons. The second-order valence-electron chi connectivity index (χ2n) is 10.7. The zero-order chi connectivity index (χ0) is 24.1.